The lowest BCUT2D eigenvalue weighted by atomic mass is 9.79. The summed E-state index contributed by atoms with van der Waals surface area (Å²) in [4.78, 5) is 15.8. The first-order valence-electron chi connectivity index (χ1n) is 11.5. The number of benzene rings is 1. The number of nitrogens with zero attached hydrogens (tertiary/aromatic N) is 4. The Morgan fingerprint density at radius 3 is 2.78 bits per heavy atom. The van der Waals surface area contributed by atoms with Crippen LogP contribution >= 0.6 is 0 Å². The third-order valence-corrected chi connectivity index (χ3v) is 6.58. The zero-order valence-electron chi connectivity index (χ0n) is 18.9. The second-order valence-electron chi connectivity index (χ2n) is 8.67. The molecular formula is C26H30N4O2. The highest BCUT2D eigenvalue weighted by molar-refractivity contribution is 5.44. The summed E-state index contributed by atoms with van der Waals surface area (Å²) >= 11 is 0. The molecule has 6 heteroatoms. The van der Waals surface area contributed by atoms with Crippen LogP contribution in [0.2, 0.25) is 0 Å². The van der Waals surface area contributed by atoms with E-state index >= 15 is 0 Å². The Balaban J connectivity index is 1.30. The normalized spacial score (nSPS) is 17.2. The van der Waals surface area contributed by atoms with Crippen molar-refractivity contribution in [3.05, 3.63) is 77.0 Å². The minimum absolute atomic E-state index is 0.207. The van der Waals surface area contributed by atoms with Gasteiger partial charge in [-0.15, -0.1) is 0 Å². The van der Waals surface area contributed by atoms with Gasteiger partial charge in [0.05, 0.1) is 12.2 Å². The van der Waals surface area contributed by atoms with Gasteiger partial charge < -0.3 is 14.4 Å². The third-order valence-electron chi connectivity index (χ3n) is 6.58. The van der Waals surface area contributed by atoms with Gasteiger partial charge in [0.1, 0.15) is 24.0 Å². The number of piperidine rings is 1. The van der Waals surface area contributed by atoms with Gasteiger partial charge in [-0.2, -0.15) is 0 Å². The van der Waals surface area contributed by atoms with Crippen LogP contribution in [0.25, 0.3) is 0 Å². The molecule has 0 saturated carbocycles. The molecule has 0 aliphatic carbocycles. The van der Waals surface area contributed by atoms with E-state index in [9.17, 15) is 0 Å². The molecule has 2 aliphatic rings. The highest BCUT2D eigenvalue weighted by atomic mass is 16.5. The number of pyridine rings is 1. The van der Waals surface area contributed by atoms with Crippen molar-refractivity contribution in [2.45, 2.75) is 51.7 Å². The van der Waals surface area contributed by atoms with Crippen LogP contribution in [0, 0.1) is 6.92 Å². The number of hydrogen-bond acceptors (Lipinski definition) is 6. The fourth-order valence-electron chi connectivity index (χ4n) is 4.86. The number of aryl methyl sites for hydroxylation is 2. The lowest BCUT2D eigenvalue weighted by Gasteiger charge is -2.45. The predicted octanol–water partition coefficient (Wildman–Crippen LogP) is 4.39. The first-order valence-corrected chi connectivity index (χ1v) is 11.5. The maximum Gasteiger partial charge on any atom is 0.132 e. The average molecular weight is 431 g/mol. The maximum absolute atomic E-state index is 6.45. The van der Waals surface area contributed by atoms with Gasteiger partial charge in [0, 0.05) is 42.8 Å². The van der Waals surface area contributed by atoms with Gasteiger partial charge in [0.2, 0.25) is 0 Å². The van der Waals surface area contributed by atoms with Gasteiger partial charge in [-0.3, -0.25) is 4.98 Å². The molecule has 0 N–H and O–H groups in total. The molecule has 32 heavy (non-hydrogen) atoms. The van der Waals surface area contributed by atoms with Gasteiger partial charge in [-0.1, -0.05) is 19.1 Å². The van der Waals surface area contributed by atoms with Crippen LogP contribution in [-0.4, -0.2) is 34.6 Å². The molecule has 0 bridgehead atoms. The number of aromatic nitrogens is 3. The molecule has 4 heterocycles. The molecule has 0 amide bonds. The van der Waals surface area contributed by atoms with Crippen molar-refractivity contribution in [1.29, 1.82) is 0 Å². The van der Waals surface area contributed by atoms with Crippen molar-refractivity contribution in [3.8, 4) is 5.75 Å². The first kappa shape index (κ1) is 20.9. The van der Waals surface area contributed by atoms with Crippen LogP contribution in [0.4, 0.5) is 5.82 Å². The highest BCUT2D eigenvalue weighted by Gasteiger charge is 2.41. The van der Waals surface area contributed by atoms with E-state index in [1.165, 1.54) is 11.1 Å². The van der Waals surface area contributed by atoms with E-state index < -0.39 is 0 Å². The minimum atomic E-state index is -0.207. The van der Waals surface area contributed by atoms with Crippen LogP contribution in [0.15, 0.2) is 48.8 Å². The predicted molar refractivity (Wildman–Crippen MR) is 124 cm³/mol. The molecule has 3 aromatic rings. The minimum Gasteiger partial charge on any atom is -0.489 e. The Hall–Kier alpha value is -2.99. The molecule has 1 fully saturated rings. The van der Waals surface area contributed by atoms with E-state index in [1.54, 1.807) is 6.20 Å². The van der Waals surface area contributed by atoms with Crippen LogP contribution in [0.5, 0.6) is 5.75 Å². The fourth-order valence-corrected chi connectivity index (χ4v) is 4.86. The highest BCUT2D eigenvalue weighted by Crippen LogP contribution is 2.43. The molecule has 6 nitrogen and oxygen atoms in total. The molecule has 0 unspecified atom stereocenters. The summed E-state index contributed by atoms with van der Waals surface area (Å²) in [6, 6.07) is 12.6. The number of ether oxygens (including phenoxy) is 2. The molecule has 0 radical (unpaired) electrons. The van der Waals surface area contributed by atoms with Crippen LogP contribution in [0.1, 0.15) is 48.0 Å². The molecule has 166 valence electrons. The van der Waals surface area contributed by atoms with Gasteiger partial charge in [0.15, 0.2) is 0 Å². The van der Waals surface area contributed by atoms with Gasteiger partial charge in [-0.25, -0.2) is 9.97 Å². The molecule has 1 spiro atoms. The molecule has 1 aromatic carbocycles. The van der Waals surface area contributed by atoms with Gasteiger partial charge >= 0.3 is 0 Å². The summed E-state index contributed by atoms with van der Waals surface area (Å²) < 4.78 is 12.5. The second kappa shape index (κ2) is 8.87. The zero-order chi connectivity index (χ0) is 22.0. The molecule has 5 rings (SSSR count). The van der Waals surface area contributed by atoms with E-state index in [4.69, 9.17) is 14.5 Å². The number of hydrogen-bond donors (Lipinski definition) is 0. The monoisotopic (exact) mass is 430 g/mol. The molecule has 2 aliphatic heterocycles. The standard InChI is InChI=1S/C26H30N4O2/c1-3-22-16-25(29-19(2)28-22)30-12-9-26(10-13-30)24-7-6-23(15-21(24)8-14-32-26)31-18-20-5-4-11-27-17-20/h4-7,11,15-17H,3,8-10,12-14,18H2,1-2H3. The van der Waals surface area contributed by atoms with Gasteiger partial charge in [0.25, 0.3) is 0 Å². The summed E-state index contributed by atoms with van der Waals surface area (Å²) in [6.07, 6.45) is 7.39. The van der Waals surface area contributed by atoms with E-state index in [0.717, 1.165) is 74.0 Å². The Bertz CT molecular complexity index is 1080. The second-order valence-corrected chi connectivity index (χ2v) is 8.67. The Labute approximate surface area is 189 Å². The molecule has 2 aromatic heterocycles. The SMILES string of the molecule is CCc1cc(N2CCC3(CC2)OCCc2cc(OCc4cccnc4)ccc23)nc(C)n1. The van der Waals surface area contributed by atoms with Crippen LogP contribution in [0.3, 0.4) is 0 Å². The topological polar surface area (TPSA) is 60.4 Å². The maximum atomic E-state index is 6.45. The number of anilines is 1. The smallest absolute Gasteiger partial charge is 0.132 e. The zero-order valence-corrected chi connectivity index (χ0v) is 18.9. The van der Waals surface area contributed by atoms with Crippen LogP contribution in [-0.2, 0) is 29.8 Å². The fraction of sp³-hybridized carbons (Fsp3) is 0.423. The van der Waals surface area contributed by atoms with Crippen molar-refractivity contribution in [2.24, 2.45) is 0 Å². The lowest BCUT2D eigenvalue weighted by Crippen LogP contribution is -2.47. The summed E-state index contributed by atoms with van der Waals surface area (Å²) in [6.45, 7) is 7.25. The lowest BCUT2D eigenvalue weighted by molar-refractivity contribution is -0.0767. The summed E-state index contributed by atoms with van der Waals surface area (Å²) in [5.74, 6) is 2.79. The van der Waals surface area contributed by atoms with Crippen molar-refractivity contribution >= 4 is 5.82 Å². The van der Waals surface area contributed by atoms with Crippen LogP contribution < -0.4 is 9.64 Å². The number of rotatable bonds is 5. The number of fused-ring (bicyclic) bond motifs is 2. The Morgan fingerprint density at radius 2 is 2.00 bits per heavy atom. The summed E-state index contributed by atoms with van der Waals surface area (Å²) in [5, 5.41) is 0. The van der Waals surface area contributed by atoms with E-state index in [-0.39, 0.29) is 5.60 Å². The molecule has 0 atom stereocenters. The first-order chi connectivity index (χ1) is 15.6. The van der Waals surface area contributed by atoms with E-state index in [1.807, 2.05) is 25.3 Å². The largest absolute Gasteiger partial charge is 0.489 e. The van der Waals surface area contributed by atoms with Crippen molar-refractivity contribution in [3.63, 3.8) is 0 Å². The molecular weight excluding hydrogens is 400 g/mol. The molecule has 1 saturated heterocycles. The van der Waals surface area contributed by atoms with Crippen molar-refractivity contribution < 1.29 is 9.47 Å². The summed E-state index contributed by atoms with van der Waals surface area (Å²) in [5.41, 5.74) is 4.64. The average Bonchev–Trinajstić information content (AvgIpc) is 2.83. The summed E-state index contributed by atoms with van der Waals surface area (Å²) in [7, 11) is 0. The van der Waals surface area contributed by atoms with E-state index in [2.05, 4.69) is 46.1 Å². The van der Waals surface area contributed by atoms with Crippen molar-refractivity contribution in [2.75, 3.05) is 24.6 Å². The third kappa shape index (κ3) is 4.19. The quantitative estimate of drug-likeness (QED) is 0.598. The van der Waals surface area contributed by atoms with E-state index in [0.29, 0.717) is 6.61 Å². The Morgan fingerprint density at radius 1 is 1.12 bits per heavy atom. The van der Waals surface area contributed by atoms with Crippen molar-refractivity contribution in [1.82, 2.24) is 15.0 Å². The Kier molecular flexibility index (Phi) is 5.79. The van der Waals surface area contributed by atoms with Gasteiger partial charge in [-0.05, 0) is 61.9 Å².